The Morgan fingerprint density at radius 3 is 2.32 bits per heavy atom. The monoisotopic (exact) mass is 485 g/mol. The van der Waals surface area contributed by atoms with Crippen molar-refractivity contribution in [3.63, 3.8) is 0 Å². The molecule has 0 atom stereocenters. The maximum atomic E-state index is 11.5. The van der Waals surface area contributed by atoms with Crippen LogP contribution in [0, 0.1) is 10.1 Å². The first kappa shape index (κ1) is 23.4. The number of halogens is 1. The van der Waals surface area contributed by atoms with Crippen LogP contribution in [0.25, 0.3) is 0 Å². The second-order valence-corrected chi connectivity index (χ2v) is 6.94. The van der Waals surface area contributed by atoms with Crippen molar-refractivity contribution in [3.8, 4) is 0 Å². The highest BCUT2D eigenvalue weighted by atomic mass is 127. The van der Waals surface area contributed by atoms with Crippen LogP contribution in [0.4, 0.5) is 11.4 Å². The van der Waals surface area contributed by atoms with Gasteiger partial charge in [0.25, 0.3) is 5.69 Å². The minimum atomic E-state index is -3.50. The fourth-order valence-corrected chi connectivity index (χ4v) is 2.55. The van der Waals surface area contributed by atoms with Crippen molar-refractivity contribution in [1.29, 1.82) is 0 Å². The molecule has 1 aromatic rings. The highest BCUT2D eigenvalue weighted by Gasteiger charge is 2.18. The van der Waals surface area contributed by atoms with E-state index in [-0.39, 0.29) is 40.2 Å². The molecule has 0 fully saturated rings. The minimum absolute atomic E-state index is 0. The number of hydrogen-bond acceptors (Lipinski definition) is 6. The SMILES string of the molecule is CCNC(=NCCNc1ccc(S(C)(=O)=O)cc1[N+](=O)[O-])NCC.I. The molecule has 0 aliphatic rings. The van der Waals surface area contributed by atoms with Gasteiger partial charge in [0.2, 0.25) is 0 Å². The van der Waals surface area contributed by atoms with Crippen molar-refractivity contribution in [1.82, 2.24) is 10.6 Å². The number of rotatable bonds is 8. The number of nitro benzene ring substituents is 1. The number of benzene rings is 1. The highest BCUT2D eigenvalue weighted by molar-refractivity contribution is 14.0. The lowest BCUT2D eigenvalue weighted by Gasteiger charge is -2.10. The topological polar surface area (TPSA) is 126 Å². The predicted molar refractivity (Wildman–Crippen MR) is 110 cm³/mol. The second kappa shape index (κ2) is 11.1. The van der Waals surface area contributed by atoms with Gasteiger partial charge in [-0.25, -0.2) is 8.42 Å². The van der Waals surface area contributed by atoms with Crippen molar-refractivity contribution in [2.75, 3.05) is 37.8 Å². The largest absolute Gasteiger partial charge is 0.378 e. The van der Waals surface area contributed by atoms with E-state index in [1.54, 1.807) is 0 Å². The Morgan fingerprint density at radius 1 is 1.24 bits per heavy atom. The number of guanidine groups is 1. The summed E-state index contributed by atoms with van der Waals surface area (Å²) in [6.45, 7) is 6.16. The summed E-state index contributed by atoms with van der Waals surface area (Å²) in [6, 6.07) is 3.80. The predicted octanol–water partition coefficient (Wildman–Crippen LogP) is 1.60. The molecule has 1 aromatic carbocycles. The van der Waals surface area contributed by atoms with Gasteiger partial charge in [-0.3, -0.25) is 15.1 Å². The van der Waals surface area contributed by atoms with Crippen LogP contribution in [-0.2, 0) is 9.84 Å². The summed E-state index contributed by atoms with van der Waals surface area (Å²) in [4.78, 5) is 14.8. The minimum Gasteiger partial charge on any atom is -0.378 e. The molecular weight excluding hydrogens is 461 g/mol. The maximum absolute atomic E-state index is 11.5. The molecule has 0 amide bonds. The van der Waals surface area contributed by atoms with Gasteiger partial charge in [-0.05, 0) is 26.0 Å². The number of nitro groups is 1. The lowest BCUT2D eigenvalue weighted by Crippen LogP contribution is -2.37. The van der Waals surface area contributed by atoms with Gasteiger partial charge in [-0.15, -0.1) is 24.0 Å². The average molecular weight is 485 g/mol. The number of sulfone groups is 1. The van der Waals surface area contributed by atoms with Crippen molar-refractivity contribution < 1.29 is 13.3 Å². The Kier molecular flexibility index (Phi) is 10.4. The molecule has 11 heteroatoms. The Balaban J connectivity index is 0.00000576. The smallest absolute Gasteiger partial charge is 0.293 e. The van der Waals surface area contributed by atoms with E-state index in [9.17, 15) is 18.5 Å². The molecule has 0 bridgehead atoms. The molecule has 0 radical (unpaired) electrons. The number of aliphatic imine (C=N–C) groups is 1. The van der Waals surface area contributed by atoms with Gasteiger partial charge in [-0.1, -0.05) is 0 Å². The van der Waals surface area contributed by atoms with Crippen LogP contribution < -0.4 is 16.0 Å². The summed E-state index contributed by atoms with van der Waals surface area (Å²) < 4.78 is 23.0. The third kappa shape index (κ3) is 7.86. The summed E-state index contributed by atoms with van der Waals surface area (Å²) >= 11 is 0. The molecule has 0 saturated carbocycles. The van der Waals surface area contributed by atoms with Crippen molar-refractivity contribution in [2.24, 2.45) is 4.99 Å². The van der Waals surface area contributed by atoms with Crippen LogP contribution in [0.1, 0.15) is 13.8 Å². The zero-order chi connectivity index (χ0) is 18.2. The number of hydrogen-bond donors (Lipinski definition) is 3. The van der Waals surface area contributed by atoms with Gasteiger partial charge >= 0.3 is 0 Å². The van der Waals surface area contributed by atoms with E-state index in [2.05, 4.69) is 20.9 Å². The van der Waals surface area contributed by atoms with E-state index in [1.807, 2.05) is 13.8 Å². The van der Waals surface area contributed by atoms with Crippen LogP contribution in [0.3, 0.4) is 0 Å². The first-order chi connectivity index (χ1) is 11.3. The van der Waals surface area contributed by atoms with Crippen molar-refractivity contribution in [2.45, 2.75) is 18.7 Å². The van der Waals surface area contributed by atoms with Crippen molar-refractivity contribution in [3.05, 3.63) is 28.3 Å². The zero-order valence-electron chi connectivity index (χ0n) is 14.4. The van der Waals surface area contributed by atoms with E-state index < -0.39 is 14.8 Å². The standard InChI is InChI=1S/C14H23N5O4S.HI/c1-4-15-14(16-5-2)18-9-8-17-12-7-6-11(24(3,22)23)10-13(12)19(20)21;/h6-7,10,17H,4-5,8-9H2,1-3H3,(H2,15,16,18);1H. The summed E-state index contributed by atoms with van der Waals surface area (Å²) in [5.74, 6) is 0.670. The number of anilines is 1. The lowest BCUT2D eigenvalue weighted by molar-refractivity contribution is -0.384. The Bertz CT molecular complexity index is 701. The Labute approximate surface area is 164 Å². The third-order valence-electron chi connectivity index (χ3n) is 2.98. The highest BCUT2D eigenvalue weighted by Crippen LogP contribution is 2.27. The first-order valence-corrected chi connectivity index (χ1v) is 9.43. The summed E-state index contributed by atoms with van der Waals surface area (Å²) in [7, 11) is -3.50. The molecule has 0 heterocycles. The van der Waals surface area contributed by atoms with Crippen LogP contribution in [0.15, 0.2) is 28.1 Å². The van der Waals surface area contributed by atoms with E-state index in [1.165, 1.54) is 12.1 Å². The molecule has 0 aliphatic heterocycles. The summed E-state index contributed by atoms with van der Waals surface area (Å²) in [5, 5.41) is 20.2. The van der Waals surface area contributed by atoms with Gasteiger partial charge in [0.15, 0.2) is 15.8 Å². The molecule has 25 heavy (non-hydrogen) atoms. The molecular formula is C14H24IN5O4S. The lowest BCUT2D eigenvalue weighted by atomic mass is 10.2. The fraction of sp³-hybridized carbons (Fsp3) is 0.500. The summed E-state index contributed by atoms with van der Waals surface area (Å²) in [5.41, 5.74) is -0.0171. The zero-order valence-corrected chi connectivity index (χ0v) is 17.6. The van der Waals surface area contributed by atoms with Crippen LogP contribution in [0.5, 0.6) is 0 Å². The van der Waals surface area contributed by atoms with E-state index in [4.69, 9.17) is 0 Å². The molecule has 1 rings (SSSR count). The molecule has 142 valence electrons. The molecule has 0 spiro atoms. The average Bonchev–Trinajstić information content (AvgIpc) is 2.50. The normalized spacial score (nSPS) is 10.4. The number of nitrogens with zero attached hydrogens (tertiary/aromatic N) is 2. The maximum Gasteiger partial charge on any atom is 0.293 e. The molecule has 0 aromatic heterocycles. The molecule has 0 unspecified atom stereocenters. The van der Waals surface area contributed by atoms with Crippen LogP contribution >= 0.6 is 24.0 Å². The van der Waals surface area contributed by atoms with Crippen molar-refractivity contribution >= 4 is 51.1 Å². The molecule has 3 N–H and O–H groups in total. The van der Waals surface area contributed by atoms with E-state index >= 15 is 0 Å². The van der Waals surface area contributed by atoms with E-state index in [0.29, 0.717) is 19.0 Å². The van der Waals surface area contributed by atoms with Crippen LogP contribution in [0.2, 0.25) is 0 Å². The van der Waals surface area contributed by atoms with Gasteiger partial charge in [0.05, 0.1) is 16.4 Å². The quantitative estimate of drug-likeness (QED) is 0.128. The van der Waals surface area contributed by atoms with E-state index in [0.717, 1.165) is 25.4 Å². The fourth-order valence-electron chi connectivity index (χ4n) is 1.91. The van der Waals surface area contributed by atoms with Gasteiger partial charge in [-0.2, -0.15) is 0 Å². The third-order valence-corrected chi connectivity index (χ3v) is 4.09. The first-order valence-electron chi connectivity index (χ1n) is 7.54. The van der Waals surface area contributed by atoms with Crippen LogP contribution in [-0.4, -0.2) is 51.7 Å². The van der Waals surface area contributed by atoms with Gasteiger partial charge in [0.1, 0.15) is 5.69 Å². The Morgan fingerprint density at radius 2 is 1.84 bits per heavy atom. The second-order valence-electron chi connectivity index (χ2n) is 4.93. The van der Waals surface area contributed by atoms with Gasteiger partial charge in [0, 0.05) is 32.0 Å². The molecule has 0 aliphatic carbocycles. The molecule has 0 saturated heterocycles. The number of nitrogens with one attached hydrogen (secondary N) is 3. The van der Waals surface area contributed by atoms with Gasteiger partial charge < -0.3 is 16.0 Å². The summed E-state index contributed by atoms with van der Waals surface area (Å²) in [6.07, 6.45) is 1.01. The Hall–Kier alpha value is -1.63. The molecule has 9 nitrogen and oxygen atoms in total.